The lowest BCUT2D eigenvalue weighted by atomic mass is 10.2. The molecule has 1 amide bonds. The molecule has 2 aromatic heterocycles. The van der Waals surface area contributed by atoms with Gasteiger partial charge >= 0.3 is 0 Å². The molecule has 140 valence electrons. The summed E-state index contributed by atoms with van der Waals surface area (Å²) >= 11 is 0. The van der Waals surface area contributed by atoms with Crippen molar-refractivity contribution in [3.8, 4) is 5.88 Å². The fourth-order valence-corrected chi connectivity index (χ4v) is 2.91. The molecule has 1 aromatic carbocycles. The highest BCUT2D eigenvalue weighted by molar-refractivity contribution is 6.03. The number of fused-ring (bicyclic) bond motifs is 1. The van der Waals surface area contributed by atoms with Gasteiger partial charge in [-0.3, -0.25) is 14.5 Å². The Labute approximate surface area is 156 Å². The van der Waals surface area contributed by atoms with Gasteiger partial charge in [-0.15, -0.1) is 5.10 Å². The maximum atomic E-state index is 12.3. The zero-order valence-electron chi connectivity index (χ0n) is 14.9. The molecule has 1 aliphatic heterocycles. The first-order valence-electron chi connectivity index (χ1n) is 8.72. The standard InChI is InChI=1S/C19H20N4O4/c1-23-17-10-13(21-18(24)16-4-2-3-7-20-16)5-6-15(17)19(22-23)27-12-14-11-25-8-9-26-14/h2-7,10,14H,8-9,11-12H2,1H3,(H,21,24). The number of amides is 1. The van der Waals surface area contributed by atoms with Crippen LogP contribution < -0.4 is 10.1 Å². The van der Waals surface area contributed by atoms with Gasteiger partial charge in [0.1, 0.15) is 18.4 Å². The summed E-state index contributed by atoms with van der Waals surface area (Å²) < 4.78 is 18.5. The Hall–Kier alpha value is -2.97. The molecule has 0 spiro atoms. The number of nitrogens with zero attached hydrogens (tertiary/aromatic N) is 3. The Morgan fingerprint density at radius 2 is 2.26 bits per heavy atom. The van der Waals surface area contributed by atoms with Crippen LogP contribution in [-0.2, 0) is 16.5 Å². The van der Waals surface area contributed by atoms with Gasteiger partial charge in [0.15, 0.2) is 0 Å². The molecular formula is C19H20N4O4. The van der Waals surface area contributed by atoms with Gasteiger partial charge in [-0.25, -0.2) is 0 Å². The van der Waals surface area contributed by atoms with E-state index in [1.165, 1.54) is 0 Å². The van der Waals surface area contributed by atoms with Crippen LogP contribution in [0.25, 0.3) is 10.9 Å². The number of aryl methyl sites for hydroxylation is 1. The number of nitrogens with one attached hydrogen (secondary N) is 1. The third-order valence-corrected chi connectivity index (χ3v) is 4.26. The monoisotopic (exact) mass is 368 g/mol. The summed E-state index contributed by atoms with van der Waals surface area (Å²) in [5, 5.41) is 8.14. The SMILES string of the molecule is Cn1nc(OCC2COCCO2)c2ccc(NC(=O)c3ccccn3)cc21. The third-order valence-electron chi connectivity index (χ3n) is 4.26. The lowest BCUT2D eigenvalue weighted by Gasteiger charge is -2.22. The molecule has 1 N–H and O–H groups in total. The molecule has 1 fully saturated rings. The molecule has 8 heteroatoms. The predicted molar refractivity (Wildman–Crippen MR) is 99.0 cm³/mol. The van der Waals surface area contributed by atoms with Gasteiger partial charge in [0.25, 0.3) is 5.91 Å². The number of anilines is 1. The number of pyridine rings is 1. The van der Waals surface area contributed by atoms with Crippen LogP contribution in [0.4, 0.5) is 5.69 Å². The summed E-state index contributed by atoms with van der Waals surface area (Å²) in [6.07, 6.45) is 1.50. The number of benzene rings is 1. The van der Waals surface area contributed by atoms with E-state index in [2.05, 4.69) is 15.4 Å². The second kappa shape index (κ2) is 7.73. The Bertz CT molecular complexity index is 936. The van der Waals surface area contributed by atoms with E-state index in [0.29, 0.717) is 43.7 Å². The van der Waals surface area contributed by atoms with E-state index in [0.717, 1.165) is 10.9 Å². The molecule has 0 bridgehead atoms. The van der Waals surface area contributed by atoms with Crippen molar-refractivity contribution in [2.45, 2.75) is 6.10 Å². The molecule has 1 aliphatic rings. The Morgan fingerprint density at radius 1 is 1.33 bits per heavy atom. The fourth-order valence-electron chi connectivity index (χ4n) is 2.91. The first kappa shape index (κ1) is 17.4. The van der Waals surface area contributed by atoms with E-state index in [1.54, 1.807) is 29.1 Å². The molecule has 0 radical (unpaired) electrons. The maximum Gasteiger partial charge on any atom is 0.274 e. The first-order chi connectivity index (χ1) is 13.2. The van der Waals surface area contributed by atoms with E-state index in [9.17, 15) is 4.79 Å². The lowest BCUT2D eigenvalue weighted by Crippen LogP contribution is -2.33. The summed E-state index contributed by atoms with van der Waals surface area (Å²) in [5.74, 6) is 0.271. The van der Waals surface area contributed by atoms with Crippen LogP contribution in [0.5, 0.6) is 5.88 Å². The van der Waals surface area contributed by atoms with Gasteiger partial charge in [-0.2, -0.15) is 0 Å². The smallest absolute Gasteiger partial charge is 0.274 e. The molecule has 1 atom stereocenters. The van der Waals surface area contributed by atoms with Gasteiger partial charge in [0, 0.05) is 18.9 Å². The molecule has 3 aromatic rings. The number of carbonyl (C=O) groups excluding carboxylic acids is 1. The molecule has 3 heterocycles. The van der Waals surface area contributed by atoms with E-state index >= 15 is 0 Å². The van der Waals surface area contributed by atoms with Crippen LogP contribution in [0.3, 0.4) is 0 Å². The molecule has 0 saturated carbocycles. The van der Waals surface area contributed by atoms with Crippen LogP contribution in [0.1, 0.15) is 10.5 Å². The second-order valence-corrected chi connectivity index (χ2v) is 6.21. The van der Waals surface area contributed by atoms with Crippen molar-refractivity contribution in [3.05, 3.63) is 48.3 Å². The number of ether oxygens (including phenoxy) is 3. The van der Waals surface area contributed by atoms with Crippen molar-refractivity contribution in [1.29, 1.82) is 0 Å². The number of aromatic nitrogens is 3. The highest BCUT2D eigenvalue weighted by Crippen LogP contribution is 2.27. The van der Waals surface area contributed by atoms with Gasteiger partial charge < -0.3 is 19.5 Å². The minimum atomic E-state index is -0.261. The normalized spacial score (nSPS) is 17.0. The van der Waals surface area contributed by atoms with Gasteiger partial charge in [-0.05, 0) is 30.3 Å². The van der Waals surface area contributed by atoms with Crippen LogP contribution in [0.2, 0.25) is 0 Å². The van der Waals surface area contributed by atoms with Crippen LogP contribution in [-0.4, -0.2) is 53.2 Å². The average Bonchev–Trinajstić information content (AvgIpc) is 3.03. The fraction of sp³-hybridized carbons (Fsp3) is 0.316. The molecule has 27 heavy (non-hydrogen) atoms. The number of hydrogen-bond donors (Lipinski definition) is 1. The summed E-state index contributed by atoms with van der Waals surface area (Å²) in [6, 6.07) is 10.8. The Morgan fingerprint density at radius 3 is 3.04 bits per heavy atom. The van der Waals surface area contributed by atoms with Crippen molar-refractivity contribution >= 4 is 22.5 Å². The zero-order valence-corrected chi connectivity index (χ0v) is 14.9. The number of rotatable bonds is 5. The molecule has 8 nitrogen and oxygen atoms in total. The molecule has 0 aliphatic carbocycles. The maximum absolute atomic E-state index is 12.3. The second-order valence-electron chi connectivity index (χ2n) is 6.21. The average molecular weight is 368 g/mol. The van der Waals surface area contributed by atoms with Gasteiger partial charge in [0.05, 0.1) is 30.7 Å². The minimum Gasteiger partial charge on any atom is -0.473 e. The largest absolute Gasteiger partial charge is 0.473 e. The zero-order chi connectivity index (χ0) is 18.6. The number of carbonyl (C=O) groups is 1. The van der Waals surface area contributed by atoms with E-state index in [1.807, 2.05) is 25.2 Å². The summed E-state index contributed by atoms with van der Waals surface area (Å²) in [4.78, 5) is 16.3. The Balaban J connectivity index is 1.49. The minimum absolute atomic E-state index is 0.0901. The van der Waals surface area contributed by atoms with E-state index in [4.69, 9.17) is 14.2 Å². The lowest BCUT2D eigenvalue weighted by molar-refractivity contribution is -0.101. The van der Waals surface area contributed by atoms with Crippen LogP contribution in [0, 0.1) is 0 Å². The van der Waals surface area contributed by atoms with Gasteiger partial charge in [-0.1, -0.05) is 6.07 Å². The highest BCUT2D eigenvalue weighted by atomic mass is 16.6. The third kappa shape index (κ3) is 3.91. The predicted octanol–water partition coefficient (Wildman–Crippen LogP) is 2.01. The summed E-state index contributed by atoms with van der Waals surface area (Å²) in [5.41, 5.74) is 1.88. The topological polar surface area (TPSA) is 87.5 Å². The van der Waals surface area contributed by atoms with E-state index < -0.39 is 0 Å². The molecule has 1 saturated heterocycles. The van der Waals surface area contributed by atoms with Crippen LogP contribution in [0.15, 0.2) is 42.6 Å². The van der Waals surface area contributed by atoms with Crippen molar-refractivity contribution in [2.75, 3.05) is 31.7 Å². The van der Waals surface area contributed by atoms with Crippen molar-refractivity contribution in [2.24, 2.45) is 7.05 Å². The Kier molecular flexibility index (Phi) is 4.99. The number of hydrogen-bond acceptors (Lipinski definition) is 6. The summed E-state index contributed by atoms with van der Waals surface area (Å²) in [7, 11) is 1.83. The molecule has 4 rings (SSSR count). The highest BCUT2D eigenvalue weighted by Gasteiger charge is 2.18. The van der Waals surface area contributed by atoms with Gasteiger partial charge in [0.2, 0.25) is 5.88 Å². The van der Waals surface area contributed by atoms with E-state index in [-0.39, 0.29) is 12.0 Å². The van der Waals surface area contributed by atoms with Crippen molar-refractivity contribution in [3.63, 3.8) is 0 Å². The summed E-state index contributed by atoms with van der Waals surface area (Å²) in [6.45, 7) is 2.10. The molecular weight excluding hydrogens is 348 g/mol. The van der Waals surface area contributed by atoms with Crippen molar-refractivity contribution in [1.82, 2.24) is 14.8 Å². The van der Waals surface area contributed by atoms with Crippen molar-refractivity contribution < 1.29 is 19.0 Å². The first-order valence-corrected chi connectivity index (χ1v) is 8.72. The quantitative estimate of drug-likeness (QED) is 0.741. The van der Waals surface area contributed by atoms with Crippen LogP contribution >= 0.6 is 0 Å². The molecule has 1 unspecified atom stereocenters.